The molecule has 120 valence electrons. The first-order valence-corrected chi connectivity index (χ1v) is 7.23. The van der Waals surface area contributed by atoms with Gasteiger partial charge in [0.2, 0.25) is 5.91 Å². The molecular weight excluding hydrogens is 284 g/mol. The van der Waals surface area contributed by atoms with Crippen LogP contribution in [0.5, 0.6) is 5.75 Å². The molecule has 1 aliphatic rings. The predicted octanol–water partition coefficient (Wildman–Crippen LogP) is 1.62. The van der Waals surface area contributed by atoms with Gasteiger partial charge in [-0.25, -0.2) is 5.06 Å². The zero-order valence-corrected chi connectivity index (χ0v) is 13.4. The molecule has 1 fully saturated rings. The molecule has 0 spiro atoms. The molecule has 2 rings (SSSR count). The summed E-state index contributed by atoms with van der Waals surface area (Å²) >= 11 is 0. The molecule has 1 heterocycles. The molecule has 2 amide bonds. The third-order valence-electron chi connectivity index (χ3n) is 4.16. The zero-order valence-electron chi connectivity index (χ0n) is 13.4. The van der Waals surface area contributed by atoms with E-state index in [0.29, 0.717) is 6.54 Å². The number of amides is 2. The first kappa shape index (κ1) is 16.3. The smallest absolute Gasteiger partial charge is 0.251 e. The minimum absolute atomic E-state index is 0.00817. The van der Waals surface area contributed by atoms with E-state index in [1.807, 2.05) is 31.2 Å². The van der Waals surface area contributed by atoms with Gasteiger partial charge in [-0.3, -0.25) is 14.4 Å². The molecular formula is C16H22N2O4. The Balaban J connectivity index is 2.08. The maximum Gasteiger partial charge on any atom is 0.251 e. The summed E-state index contributed by atoms with van der Waals surface area (Å²) in [5.41, 5.74) is 1.02. The Morgan fingerprint density at radius 3 is 2.50 bits per heavy atom. The second-order valence-corrected chi connectivity index (χ2v) is 5.41. The number of hydrogen-bond acceptors (Lipinski definition) is 4. The molecule has 1 aromatic carbocycles. The van der Waals surface area contributed by atoms with E-state index in [2.05, 4.69) is 0 Å². The van der Waals surface area contributed by atoms with Crippen LogP contribution < -0.4 is 4.74 Å². The van der Waals surface area contributed by atoms with E-state index in [-0.39, 0.29) is 30.2 Å². The summed E-state index contributed by atoms with van der Waals surface area (Å²) in [5.74, 6) is 0.253. The first-order chi connectivity index (χ1) is 10.5. The molecule has 1 aromatic rings. The number of ether oxygens (including phenoxy) is 1. The molecule has 0 aliphatic carbocycles. The number of carbonyl (C=O) groups excluding carboxylic acids is 2. The van der Waals surface area contributed by atoms with Crippen molar-refractivity contribution in [2.75, 3.05) is 27.8 Å². The van der Waals surface area contributed by atoms with E-state index in [1.165, 1.54) is 12.2 Å². The topological polar surface area (TPSA) is 59.1 Å². The van der Waals surface area contributed by atoms with Gasteiger partial charge in [-0.15, -0.1) is 0 Å². The Hall–Kier alpha value is -2.08. The molecule has 0 N–H and O–H groups in total. The van der Waals surface area contributed by atoms with Crippen LogP contribution >= 0.6 is 0 Å². The monoisotopic (exact) mass is 306 g/mol. The summed E-state index contributed by atoms with van der Waals surface area (Å²) in [6.45, 7) is 2.38. The highest BCUT2D eigenvalue weighted by molar-refractivity contribution is 5.89. The molecule has 2 unspecified atom stereocenters. The van der Waals surface area contributed by atoms with Crippen LogP contribution in [0.1, 0.15) is 24.9 Å². The number of hydroxylamine groups is 2. The van der Waals surface area contributed by atoms with Crippen molar-refractivity contribution in [1.82, 2.24) is 9.96 Å². The van der Waals surface area contributed by atoms with Gasteiger partial charge in [0.1, 0.15) is 5.75 Å². The molecule has 0 saturated carbocycles. The van der Waals surface area contributed by atoms with Gasteiger partial charge in [0.05, 0.1) is 26.2 Å². The highest BCUT2D eigenvalue weighted by Gasteiger charge is 2.38. The molecule has 2 atom stereocenters. The first-order valence-electron chi connectivity index (χ1n) is 7.23. The standard InChI is InChI=1S/C16H22N2O4/c1-11(12-5-7-14(21-3)8-6-12)18-10-13(9-15(18)19)16(20)17(2)22-4/h5-8,11,13H,9-10H2,1-4H3. The second-order valence-electron chi connectivity index (χ2n) is 5.41. The number of benzene rings is 1. The largest absolute Gasteiger partial charge is 0.497 e. The van der Waals surface area contributed by atoms with Crippen molar-refractivity contribution in [2.45, 2.75) is 19.4 Å². The number of nitrogens with zero attached hydrogens (tertiary/aromatic N) is 2. The Morgan fingerprint density at radius 2 is 1.95 bits per heavy atom. The summed E-state index contributed by atoms with van der Waals surface area (Å²) in [5, 5.41) is 1.18. The number of methoxy groups -OCH3 is 1. The van der Waals surface area contributed by atoms with E-state index in [4.69, 9.17) is 9.57 Å². The zero-order chi connectivity index (χ0) is 16.3. The summed E-state index contributed by atoms with van der Waals surface area (Å²) in [7, 11) is 4.61. The fourth-order valence-corrected chi connectivity index (χ4v) is 2.68. The summed E-state index contributed by atoms with van der Waals surface area (Å²) < 4.78 is 5.14. The van der Waals surface area contributed by atoms with Gasteiger partial charge < -0.3 is 9.64 Å². The Kier molecular flexibility index (Phi) is 5.03. The molecule has 6 heteroatoms. The second kappa shape index (κ2) is 6.79. The minimum atomic E-state index is -0.349. The lowest BCUT2D eigenvalue weighted by molar-refractivity contribution is -0.173. The molecule has 6 nitrogen and oxygen atoms in total. The highest BCUT2D eigenvalue weighted by atomic mass is 16.7. The van der Waals surface area contributed by atoms with Crippen molar-refractivity contribution >= 4 is 11.8 Å². The van der Waals surface area contributed by atoms with Crippen LogP contribution in [0.2, 0.25) is 0 Å². The summed E-state index contributed by atoms with van der Waals surface area (Å²) in [6, 6.07) is 7.53. The maximum atomic E-state index is 12.2. The molecule has 1 saturated heterocycles. The fourth-order valence-electron chi connectivity index (χ4n) is 2.68. The molecule has 0 bridgehead atoms. The Labute approximate surface area is 130 Å². The highest BCUT2D eigenvalue weighted by Crippen LogP contribution is 2.30. The lowest BCUT2D eigenvalue weighted by atomic mass is 10.1. The number of rotatable bonds is 5. The van der Waals surface area contributed by atoms with Crippen molar-refractivity contribution in [3.8, 4) is 5.75 Å². The van der Waals surface area contributed by atoms with Gasteiger partial charge in [-0.2, -0.15) is 0 Å². The van der Waals surface area contributed by atoms with Crippen LogP contribution in [0.3, 0.4) is 0 Å². The molecule has 0 aromatic heterocycles. The summed E-state index contributed by atoms with van der Waals surface area (Å²) in [6.07, 6.45) is 0.229. The van der Waals surface area contributed by atoms with Crippen molar-refractivity contribution in [3.63, 3.8) is 0 Å². The van der Waals surface area contributed by atoms with Gasteiger partial charge >= 0.3 is 0 Å². The van der Waals surface area contributed by atoms with Crippen molar-refractivity contribution in [3.05, 3.63) is 29.8 Å². The van der Waals surface area contributed by atoms with Crippen molar-refractivity contribution in [1.29, 1.82) is 0 Å². The lowest BCUT2D eigenvalue weighted by Crippen LogP contribution is -2.34. The Bertz CT molecular complexity index is 544. The van der Waals surface area contributed by atoms with E-state index in [1.54, 1.807) is 19.1 Å². The fraction of sp³-hybridized carbons (Fsp3) is 0.500. The van der Waals surface area contributed by atoms with Crippen LogP contribution in [0, 0.1) is 5.92 Å². The number of likely N-dealkylation sites (tertiary alicyclic amines) is 1. The maximum absolute atomic E-state index is 12.2. The van der Waals surface area contributed by atoms with E-state index in [0.717, 1.165) is 11.3 Å². The van der Waals surface area contributed by atoms with Crippen LogP contribution in [0.4, 0.5) is 0 Å². The van der Waals surface area contributed by atoms with Gasteiger partial charge in [0.15, 0.2) is 0 Å². The predicted molar refractivity (Wildman–Crippen MR) is 81.0 cm³/mol. The van der Waals surface area contributed by atoms with Gasteiger partial charge in [-0.1, -0.05) is 12.1 Å². The lowest BCUT2D eigenvalue weighted by Gasteiger charge is -2.25. The third-order valence-corrected chi connectivity index (χ3v) is 4.16. The van der Waals surface area contributed by atoms with Crippen LogP contribution in [-0.4, -0.2) is 49.6 Å². The quantitative estimate of drug-likeness (QED) is 0.776. The van der Waals surface area contributed by atoms with Crippen LogP contribution in [-0.2, 0) is 14.4 Å². The average molecular weight is 306 g/mol. The third kappa shape index (κ3) is 3.22. The van der Waals surface area contributed by atoms with E-state index >= 15 is 0 Å². The van der Waals surface area contributed by atoms with Gasteiger partial charge in [0, 0.05) is 20.0 Å². The van der Waals surface area contributed by atoms with Gasteiger partial charge in [-0.05, 0) is 24.6 Å². The average Bonchev–Trinajstić information content (AvgIpc) is 2.94. The summed E-state index contributed by atoms with van der Waals surface area (Å²) in [4.78, 5) is 31.0. The molecule has 22 heavy (non-hydrogen) atoms. The van der Waals surface area contributed by atoms with E-state index in [9.17, 15) is 9.59 Å². The molecule has 1 aliphatic heterocycles. The Morgan fingerprint density at radius 1 is 1.32 bits per heavy atom. The number of carbonyl (C=O) groups is 2. The van der Waals surface area contributed by atoms with E-state index < -0.39 is 0 Å². The van der Waals surface area contributed by atoms with Crippen LogP contribution in [0.15, 0.2) is 24.3 Å². The number of hydrogen-bond donors (Lipinski definition) is 0. The van der Waals surface area contributed by atoms with Crippen molar-refractivity contribution in [2.24, 2.45) is 5.92 Å². The van der Waals surface area contributed by atoms with Gasteiger partial charge in [0.25, 0.3) is 5.91 Å². The van der Waals surface area contributed by atoms with Crippen molar-refractivity contribution < 1.29 is 19.2 Å². The minimum Gasteiger partial charge on any atom is -0.497 e. The molecule has 0 radical (unpaired) electrons. The van der Waals surface area contributed by atoms with Crippen LogP contribution in [0.25, 0.3) is 0 Å². The SMILES string of the molecule is COc1ccc(C(C)N2CC(C(=O)N(C)OC)CC2=O)cc1. The normalized spacial score (nSPS) is 19.2.